The molecular formula is C32H38N2O3. The molecule has 0 aliphatic heterocycles. The van der Waals surface area contributed by atoms with Gasteiger partial charge < -0.3 is 15.0 Å². The highest BCUT2D eigenvalue weighted by molar-refractivity contribution is 5.88. The van der Waals surface area contributed by atoms with Gasteiger partial charge in [-0.05, 0) is 61.9 Å². The molecule has 1 N–H and O–H groups in total. The lowest BCUT2D eigenvalue weighted by Crippen LogP contribution is -2.53. The molecule has 1 unspecified atom stereocenters. The molecule has 1 fully saturated rings. The second kappa shape index (κ2) is 12.6. The Balaban J connectivity index is 1.63. The third-order valence-electron chi connectivity index (χ3n) is 7.26. The van der Waals surface area contributed by atoms with Crippen LogP contribution in [-0.4, -0.2) is 35.4 Å². The Bertz CT molecular complexity index is 1200. The van der Waals surface area contributed by atoms with Crippen LogP contribution in [0.4, 0.5) is 0 Å². The molecule has 0 radical (unpaired) electrons. The number of ether oxygens (including phenoxy) is 1. The van der Waals surface area contributed by atoms with Crippen molar-refractivity contribution in [3.05, 3.63) is 101 Å². The summed E-state index contributed by atoms with van der Waals surface area (Å²) < 4.78 is 5.99. The second-order valence-electron chi connectivity index (χ2n) is 10.2. The molecule has 1 aliphatic carbocycles. The number of carbonyl (C=O) groups excluding carboxylic acids is 2. The van der Waals surface area contributed by atoms with E-state index in [1.807, 2.05) is 93.6 Å². The van der Waals surface area contributed by atoms with E-state index in [2.05, 4.69) is 5.32 Å². The van der Waals surface area contributed by atoms with E-state index in [4.69, 9.17) is 4.74 Å². The van der Waals surface area contributed by atoms with E-state index in [1.54, 1.807) is 4.90 Å². The monoisotopic (exact) mass is 498 g/mol. The van der Waals surface area contributed by atoms with Crippen molar-refractivity contribution in [2.75, 3.05) is 6.61 Å². The smallest absolute Gasteiger partial charge is 0.261 e. The van der Waals surface area contributed by atoms with Gasteiger partial charge in [0.25, 0.3) is 5.91 Å². The average molecular weight is 499 g/mol. The van der Waals surface area contributed by atoms with Gasteiger partial charge in [-0.25, -0.2) is 0 Å². The second-order valence-corrected chi connectivity index (χ2v) is 10.2. The molecule has 1 aliphatic rings. The summed E-state index contributed by atoms with van der Waals surface area (Å²) in [5.74, 6) is 0.389. The Hall–Kier alpha value is -3.60. The van der Waals surface area contributed by atoms with Gasteiger partial charge in [0.2, 0.25) is 5.91 Å². The standard InChI is InChI=1S/C32H38N2O3/c1-23-17-18-30(25(3)19-23)37-22-31(35)34(21-27-14-8-7-11-24(27)2)29(20-26-12-5-4-6-13-26)32(36)33-28-15-9-10-16-28/h4-8,11-14,17-19,28-29H,9-10,15-16,20-22H2,1-3H3,(H,33,36). The number of nitrogens with one attached hydrogen (secondary N) is 1. The van der Waals surface area contributed by atoms with Crippen LogP contribution in [0.1, 0.15) is 53.5 Å². The number of hydrogen-bond acceptors (Lipinski definition) is 3. The van der Waals surface area contributed by atoms with Crippen molar-refractivity contribution >= 4 is 11.8 Å². The highest BCUT2D eigenvalue weighted by Gasteiger charge is 2.32. The predicted molar refractivity (Wildman–Crippen MR) is 147 cm³/mol. The minimum Gasteiger partial charge on any atom is -0.483 e. The van der Waals surface area contributed by atoms with Crippen LogP contribution < -0.4 is 10.1 Å². The molecule has 2 amide bonds. The Labute approximate surface area is 220 Å². The number of aryl methyl sites for hydroxylation is 3. The maximum absolute atomic E-state index is 13.8. The zero-order valence-corrected chi connectivity index (χ0v) is 22.2. The first-order valence-electron chi connectivity index (χ1n) is 13.3. The quantitative estimate of drug-likeness (QED) is 0.391. The van der Waals surface area contributed by atoms with E-state index in [0.717, 1.165) is 53.5 Å². The summed E-state index contributed by atoms with van der Waals surface area (Å²) in [5.41, 5.74) is 5.26. The maximum Gasteiger partial charge on any atom is 0.261 e. The van der Waals surface area contributed by atoms with Gasteiger partial charge in [0, 0.05) is 19.0 Å². The molecule has 3 aromatic carbocycles. The molecule has 5 nitrogen and oxygen atoms in total. The summed E-state index contributed by atoms with van der Waals surface area (Å²) in [6.45, 7) is 6.26. The molecule has 0 spiro atoms. The number of nitrogens with zero attached hydrogens (tertiary/aromatic N) is 1. The summed E-state index contributed by atoms with van der Waals surface area (Å²) in [6.07, 6.45) is 4.69. The molecule has 1 saturated carbocycles. The lowest BCUT2D eigenvalue weighted by atomic mass is 10.0. The summed E-state index contributed by atoms with van der Waals surface area (Å²) in [4.78, 5) is 29.3. The molecule has 1 atom stereocenters. The van der Waals surface area contributed by atoms with E-state index in [1.165, 1.54) is 0 Å². The number of amides is 2. The highest BCUT2D eigenvalue weighted by atomic mass is 16.5. The van der Waals surface area contributed by atoms with Gasteiger partial charge in [-0.2, -0.15) is 0 Å². The number of hydrogen-bond donors (Lipinski definition) is 1. The Kier molecular flexibility index (Phi) is 8.99. The molecule has 4 rings (SSSR count). The van der Waals surface area contributed by atoms with Crippen LogP contribution in [0.25, 0.3) is 0 Å². The van der Waals surface area contributed by atoms with E-state index in [9.17, 15) is 9.59 Å². The van der Waals surface area contributed by atoms with Gasteiger partial charge in [-0.1, -0.05) is 85.1 Å². The van der Waals surface area contributed by atoms with Crippen molar-refractivity contribution in [3.63, 3.8) is 0 Å². The van der Waals surface area contributed by atoms with Crippen LogP contribution in [0.5, 0.6) is 5.75 Å². The lowest BCUT2D eigenvalue weighted by molar-refractivity contribution is -0.143. The third-order valence-corrected chi connectivity index (χ3v) is 7.26. The molecular weight excluding hydrogens is 460 g/mol. The van der Waals surface area contributed by atoms with Crippen LogP contribution in [0.3, 0.4) is 0 Å². The topological polar surface area (TPSA) is 58.6 Å². The van der Waals surface area contributed by atoms with Gasteiger partial charge in [0.05, 0.1) is 0 Å². The van der Waals surface area contributed by atoms with Crippen molar-refractivity contribution in [2.24, 2.45) is 0 Å². The fourth-order valence-corrected chi connectivity index (χ4v) is 5.08. The normalized spacial score (nSPS) is 14.2. The van der Waals surface area contributed by atoms with Gasteiger partial charge >= 0.3 is 0 Å². The summed E-state index contributed by atoms with van der Waals surface area (Å²) >= 11 is 0. The first kappa shape index (κ1) is 26.5. The lowest BCUT2D eigenvalue weighted by Gasteiger charge is -2.32. The molecule has 5 heteroatoms. The van der Waals surface area contributed by atoms with E-state index in [0.29, 0.717) is 18.7 Å². The van der Waals surface area contributed by atoms with Gasteiger partial charge in [-0.15, -0.1) is 0 Å². The van der Waals surface area contributed by atoms with E-state index < -0.39 is 6.04 Å². The van der Waals surface area contributed by atoms with Crippen molar-refractivity contribution in [1.29, 1.82) is 0 Å². The van der Waals surface area contributed by atoms with Crippen LogP contribution >= 0.6 is 0 Å². The summed E-state index contributed by atoms with van der Waals surface area (Å²) in [7, 11) is 0. The van der Waals surface area contributed by atoms with Crippen LogP contribution in [0.2, 0.25) is 0 Å². The fourth-order valence-electron chi connectivity index (χ4n) is 5.08. The molecule has 0 aromatic heterocycles. The summed E-state index contributed by atoms with van der Waals surface area (Å²) in [5, 5.41) is 3.25. The molecule has 0 bridgehead atoms. The molecule has 3 aromatic rings. The van der Waals surface area contributed by atoms with Crippen molar-refractivity contribution in [2.45, 2.75) is 71.5 Å². The van der Waals surface area contributed by atoms with Gasteiger partial charge in [0.15, 0.2) is 6.61 Å². The van der Waals surface area contributed by atoms with E-state index in [-0.39, 0.29) is 24.5 Å². The van der Waals surface area contributed by atoms with Crippen molar-refractivity contribution < 1.29 is 14.3 Å². The Morgan fingerprint density at radius 3 is 2.32 bits per heavy atom. The average Bonchev–Trinajstić information content (AvgIpc) is 3.40. The number of rotatable bonds is 10. The third kappa shape index (κ3) is 7.22. The molecule has 0 heterocycles. The van der Waals surface area contributed by atoms with Gasteiger partial charge in [-0.3, -0.25) is 9.59 Å². The fraction of sp³-hybridized carbons (Fsp3) is 0.375. The SMILES string of the molecule is Cc1ccc(OCC(=O)N(Cc2ccccc2C)C(Cc2ccccc2)C(=O)NC2CCCC2)c(C)c1. The minimum atomic E-state index is -0.641. The zero-order valence-electron chi connectivity index (χ0n) is 22.2. The zero-order chi connectivity index (χ0) is 26.2. The van der Waals surface area contributed by atoms with Crippen LogP contribution in [-0.2, 0) is 22.6 Å². The number of benzene rings is 3. The molecule has 194 valence electrons. The summed E-state index contributed by atoms with van der Waals surface area (Å²) in [6, 6.07) is 23.4. The van der Waals surface area contributed by atoms with Crippen LogP contribution in [0, 0.1) is 20.8 Å². The van der Waals surface area contributed by atoms with Crippen molar-refractivity contribution in [1.82, 2.24) is 10.2 Å². The largest absolute Gasteiger partial charge is 0.483 e. The molecule has 0 saturated heterocycles. The number of carbonyl (C=O) groups is 2. The maximum atomic E-state index is 13.8. The van der Waals surface area contributed by atoms with Crippen LogP contribution in [0.15, 0.2) is 72.8 Å². The minimum absolute atomic E-state index is 0.0933. The first-order valence-corrected chi connectivity index (χ1v) is 13.3. The Morgan fingerprint density at radius 1 is 0.919 bits per heavy atom. The highest BCUT2D eigenvalue weighted by Crippen LogP contribution is 2.22. The molecule has 37 heavy (non-hydrogen) atoms. The van der Waals surface area contributed by atoms with Gasteiger partial charge in [0.1, 0.15) is 11.8 Å². The van der Waals surface area contributed by atoms with E-state index >= 15 is 0 Å². The Morgan fingerprint density at radius 2 is 1.62 bits per heavy atom. The predicted octanol–water partition coefficient (Wildman–Crippen LogP) is 5.69. The van der Waals surface area contributed by atoms with Crippen molar-refractivity contribution in [3.8, 4) is 5.75 Å². The first-order chi connectivity index (χ1) is 17.9.